The van der Waals surface area contributed by atoms with Gasteiger partial charge in [0.05, 0.1) is 5.56 Å². The van der Waals surface area contributed by atoms with E-state index in [1.807, 2.05) is 18.2 Å². The molecule has 0 bridgehead atoms. The summed E-state index contributed by atoms with van der Waals surface area (Å²) < 4.78 is 0. The number of aromatic carboxylic acids is 1. The van der Waals surface area contributed by atoms with Crippen LogP contribution in [0.5, 0.6) is 0 Å². The minimum absolute atomic E-state index is 0.0927. The highest BCUT2D eigenvalue weighted by Gasteiger charge is 2.24. The van der Waals surface area contributed by atoms with Gasteiger partial charge in [-0.15, -0.1) is 5.76 Å². The van der Waals surface area contributed by atoms with Gasteiger partial charge in [-0.3, -0.25) is 5.41 Å². The van der Waals surface area contributed by atoms with Crippen molar-refractivity contribution >= 4 is 23.1 Å². The van der Waals surface area contributed by atoms with Crippen molar-refractivity contribution in [3.8, 4) is 0 Å². The van der Waals surface area contributed by atoms with Crippen LogP contribution in [0.15, 0.2) is 60.4 Å². The molecule has 0 spiro atoms. The van der Waals surface area contributed by atoms with E-state index in [-0.39, 0.29) is 23.7 Å². The van der Waals surface area contributed by atoms with Gasteiger partial charge in [-0.2, -0.15) is 0 Å². The third-order valence-electron chi connectivity index (χ3n) is 3.58. The Hall–Kier alpha value is -3.08. The predicted octanol–water partition coefficient (Wildman–Crippen LogP) is 1.95. The molecule has 5 heteroatoms. The largest absolute Gasteiger partial charge is 0.874 e. The summed E-state index contributed by atoms with van der Waals surface area (Å²) in [7, 11) is 0. The molecule has 1 heterocycles. The fourth-order valence-electron chi connectivity index (χ4n) is 2.48. The predicted molar refractivity (Wildman–Crippen MR) is 81.8 cm³/mol. The Morgan fingerprint density at radius 2 is 1.73 bits per heavy atom. The van der Waals surface area contributed by atoms with Gasteiger partial charge in [-0.05, 0) is 29.8 Å². The smallest absolute Gasteiger partial charge is 0.335 e. The van der Waals surface area contributed by atoms with Crippen LogP contribution in [-0.4, -0.2) is 23.5 Å². The Kier molecular flexibility index (Phi) is 3.39. The van der Waals surface area contributed by atoms with E-state index in [9.17, 15) is 9.90 Å². The summed E-state index contributed by atoms with van der Waals surface area (Å²) in [4.78, 5) is 12.5. The molecule has 2 N–H and O–H groups in total. The first-order valence-electron chi connectivity index (χ1n) is 6.73. The Labute approximate surface area is 127 Å². The Morgan fingerprint density at radius 3 is 2.32 bits per heavy atom. The number of carbonyl (C=O) groups is 1. The van der Waals surface area contributed by atoms with E-state index in [4.69, 9.17) is 10.5 Å². The molecule has 2 aromatic rings. The van der Waals surface area contributed by atoms with Gasteiger partial charge >= 0.3 is 5.97 Å². The van der Waals surface area contributed by atoms with E-state index in [0.29, 0.717) is 11.3 Å². The molecule has 0 atom stereocenters. The monoisotopic (exact) mass is 293 g/mol. The van der Waals surface area contributed by atoms with Gasteiger partial charge in [0, 0.05) is 17.8 Å². The number of amidine groups is 1. The maximum Gasteiger partial charge on any atom is 0.335 e. The molecule has 2 aromatic carbocycles. The van der Waals surface area contributed by atoms with Gasteiger partial charge < -0.3 is 15.1 Å². The second-order valence-electron chi connectivity index (χ2n) is 4.95. The number of rotatable bonds is 3. The van der Waals surface area contributed by atoms with Gasteiger partial charge in [0.1, 0.15) is 5.84 Å². The fourth-order valence-corrected chi connectivity index (χ4v) is 2.48. The van der Waals surface area contributed by atoms with Gasteiger partial charge in [-0.1, -0.05) is 30.3 Å². The second kappa shape index (κ2) is 5.37. The average Bonchev–Trinajstić information content (AvgIpc) is 2.83. The maximum atomic E-state index is 12.2. The van der Waals surface area contributed by atoms with Crippen molar-refractivity contribution in [2.75, 3.05) is 11.4 Å². The molecule has 1 aliphatic heterocycles. The van der Waals surface area contributed by atoms with E-state index in [2.05, 4.69) is 0 Å². The van der Waals surface area contributed by atoms with Gasteiger partial charge in [0.25, 0.3) is 0 Å². The number of carboxylic acids is 1. The summed E-state index contributed by atoms with van der Waals surface area (Å²) in [6, 6.07) is 15.3. The first-order chi connectivity index (χ1) is 10.6. The molecule has 0 unspecified atom stereocenters. The van der Waals surface area contributed by atoms with Crippen LogP contribution in [0.1, 0.15) is 15.9 Å². The molecule has 22 heavy (non-hydrogen) atoms. The third-order valence-corrected chi connectivity index (χ3v) is 3.58. The van der Waals surface area contributed by atoms with Crippen molar-refractivity contribution in [2.45, 2.75) is 0 Å². The minimum atomic E-state index is -1.00. The molecule has 0 amide bonds. The van der Waals surface area contributed by atoms with Crippen molar-refractivity contribution in [1.82, 2.24) is 0 Å². The second-order valence-corrected chi connectivity index (χ2v) is 4.95. The van der Waals surface area contributed by atoms with Crippen LogP contribution in [0.4, 0.5) is 5.69 Å². The minimum Gasteiger partial charge on any atom is -0.874 e. The highest BCUT2D eigenvalue weighted by Crippen LogP contribution is 2.29. The number of hydrogen-bond acceptors (Lipinski definition) is 3. The van der Waals surface area contributed by atoms with Crippen molar-refractivity contribution in [2.24, 2.45) is 0 Å². The quantitative estimate of drug-likeness (QED) is 0.905. The summed E-state index contributed by atoms with van der Waals surface area (Å²) >= 11 is 0. The molecule has 0 saturated carbocycles. The normalized spacial score (nSPS) is 14.5. The van der Waals surface area contributed by atoms with Crippen LogP contribution in [0.2, 0.25) is 0 Å². The van der Waals surface area contributed by atoms with E-state index in [1.165, 1.54) is 12.1 Å². The number of hydrogen-bond donors (Lipinski definition) is 2. The average molecular weight is 293 g/mol. The molecule has 0 aromatic heterocycles. The van der Waals surface area contributed by atoms with E-state index in [1.54, 1.807) is 29.2 Å². The van der Waals surface area contributed by atoms with Crippen LogP contribution in [0.3, 0.4) is 0 Å². The summed E-state index contributed by atoms with van der Waals surface area (Å²) in [6.45, 7) is 0.0927. The summed E-state index contributed by atoms with van der Waals surface area (Å²) in [5.41, 5.74) is 1.92. The van der Waals surface area contributed by atoms with Crippen LogP contribution in [-0.2, 0) is 0 Å². The van der Waals surface area contributed by atoms with E-state index in [0.717, 1.165) is 5.56 Å². The van der Waals surface area contributed by atoms with Crippen LogP contribution >= 0.6 is 0 Å². The van der Waals surface area contributed by atoms with Gasteiger partial charge in [0.2, 0.25) is 0 Å². The zero-order valence-corrected chi connectivity index (χ0v) is 11.6. The lowest BCUT2D eigenvalue weighted by Gasteiger charge is -2.20. The van der Waals surface area contributed by atoms with Crippen LogP contribution in [0.25, 0.3) is 5.57 Å². The molecule has 110 valence electrons. The number of nitrogens with zero attached hydrogens (tertiary/aromatic N) is 1. The topological polar surface area (TPSA) is 87.5 Å². The number of carboxylic acid groups (broad SMARTS) is 1. The molecule has 0 saturated heterocycles. The molecule has 1 aliphatic rings. The number of benzene rings is 2. The molecule has 0 radical (unpaired) electrons. The Bertz CT molecular complexity index is 764. The molecule has 0 fully saturated rings. The maximum absolute atomic E-state index is 12.2. The summed E-state index contributed by atoms with van der Waals surface area (Å²) in [6.07, 6.45) is 0. The third kappa shape index (κ3) is 2.33. The van der Waals surface area contributed by atoms with Crippen molar-refractivity contribution in [1.29, 1.82) is 5.41 Å². The van der Waals surface area contributed by atoms with E-state index >= 15 is 0 Å². The lowest BCUT2D eigenvalue weighted by molar-refractivity contribution is -0.300. The fraction of sp³-hybridized carbons (Fsp3) is 0.0588. The Balaban J connectivity index is 1.90. The van der Waals surface area contributed by atoms with Gasteiger partial charge in [-0.25, -0.2) is 4.79 Å². The zero-order valence-electron chi connectivity index (χ0n) is 11.6. The molecular weight excluding hydrogens is 280 g/mol. The lowest BCUT2D eigenvalue weighted by Crippen LogP contribution is -2.27. The lowest BCUT2D eigenvalue weighted by atomic mass is 10.1. The van der Waals surface area contributed by atoms with Crippen LogP contribution < -0.4 is 10.0 Å². The standard InChI is InChI=1S/C17H14N2O3/c18-16-15(11-4-2-1-3-5-11)14(20)10-19(16)13-8-6-12(7-9-13)17(21)22/h1-9,18,20H,10H2,(H,21,22)/p-1. The van der Waals surface area contributed by atoms with E-state index < -0.39 is 5.97 Å². The van der Waals surface area contributed by atoms with Crippen molar-refractivity contribution in [3.63, 3.8) is 0 Å². The van der Waals surface area contributed by atoms with Crippen molar-refractivity contribution < 1.29 is 15.0 Å². The summed E-state index contributed by atoms with van der Waals surface area (Å²) in [5, 5.41) is 29.4. The first-order valence-corrected chi connectivity index (χ1v) is 6.73. The highest BCUT2D eigenvalue weighted by molar-refractivity contribution is 6.30. The SMILES string of the molecule is N=C1C(c2ccccc2)=C([O-])CN1c1ccc(C(=O)O)cc1. The summed E-state index contributed by atoms with van der Waals surface area (Å²) in [5.74, 6) is -0.978. The first kappa shape index (κ1) is 13.9. The molecule has 3 rings (SSSR count). The molecule has 0 aliphatic carbocycles. The Morgan fingerprint density at radius 1 is 1.09 bits per heavy atom. The highest BCUT2D eigenvalue weighted by atomic mass is 16.4. The number of nitrogens with one attached hydrogen (secondary N) is 1. The molecular formula is C17H13N2O3-. The zero-order chi connectivity index (χ0) is 15.7. The van der Waals surface area contributed by atoms with Gasteiger partial charge in [0.15, 0.2) is 0 Å². The van der Waals surface area contributed by atoms with Crippen LogP contribution in [0, 0.1) is 5.41 Å². The number of anilines is 1. The molecule has 5 nitrogen and oxygen atoms in total. The van der Waals surface area contributed by atoms with Crippen molar-refractivity contribution in [3.05, 3.63) is 71.5 Å².